The van der Waals surface area contributed by atoms with Gasteiger partial charge in [-0.2, -0.15) is 11.8 Å². The van der Waals surface area contributed by atoms with Crippen LogP contribution in [0.25, 0.3) is 0 Å². The number of thioether (sulfide) groups is 1. The lowest BCUT2D eigenvalue weighted by Gasteiger charge is -2.06. The highest BCUT2D eigenvalue weighted by atomic mass is 32.2. The molecule has 0 fully saturated rings. The summed E-state index contributed by atoms with van der Waals surface area (Å²) in [4.78, 5) is 4.31. The average molecular weight is 217 g/mol. The van der Waals surface area contributed by atoms with E-state index in [0.717, 1.165) is 22.2 Å². The molecule has 0 aromatic carbocycles. The highest BCUT2D eigenvalue weighted by Crippen LogP contribution is 2.13. The topological polar surface area (TPSA) is 33.1 Å². The molecule has 0 aliphatic carbocycles. The molecule has 0 aliphatic heterocycles. The Morgan fingerprint density at radius 3 is 3.00 bits per heavy atom. The number of aliphatic hydroxyl groups is 1. The first-order valence-electron chi connectivity index (χ1n) is 4.39. The normalized spacial score (nSPS) is 13.2. The Morgan fingerprint density at radius 1 is 1.69 bits per heavy atom. The van der Waals surface area contributed by atoms with Crippen LogP contribution in [0.1, 0.15) is 17.6 Å². The summed E-state index contributed by atoms with van der Waals surface area (Å²) in [6, 6.07) is 0. The number of rotatable bonds is 5. The zero-order chi connectivity index (χ0) is 9.68. The number of hydrogen-bond acceptors (Lipinski definition) is 4. The van der Waals surface area contributed by atoms with Crippen LogP contribution in [-0.2, 0) is 6.42 Å². The maximum Gasteiger partial charge on any atom is 0.0954 e. The first kappa shape index (κ1) is 11.0. The van der Waals surface area contributed by atoms with Gasteiger partial charge in [0.1, 0.15) is 0 Å². The highest BCUT2D eigenvalue weighted by Gasteiger charge is 2.07. The monoisotopic (exact) mass is 217 g/mol. The molecule has 1 heterocycles. The van der Waals surface area contributed by atoms with Crippen LogP contribution < -0.4 is 0 Å². The van der Waals surface area contributed by atoms with Gasteiger partial charge in [-0.05, 0) is 12.7 Å². The number of aliphatic hydroxyl groups excluding tert-OH is 1. The van der Waals surface area contributed by atoms with E-state index >= 15 is 0 Å². The first-order chi connectivity index (χ1) is 6.22. The van der Waals surface area contributed by atoms with Crippen LogP contribution in [0.3, 0.4) is 0 Å². The molecule has 4 heteroatoms. The summed E-state index contributed by atoms with van der Waals surface area (Å²) in [6.07, 6.45) is 0.460. The minimum atomic E-state index is -0.240. The summed E-state index contributed by atoms with van der Waals surface area (Å²) in [5, 5.41) is 12.7. The molecule has 0 saturated heterocycles. The fraction of sp³-hybridized carbons (Fsp3) is 0.667. The van der Waals surface area contributed by atoms with E-state index in [0.29, 0.717) is 6.42 Å². The van der Waals surface area contributed by atoms with Crippen molar-refractivity contribution in [2.24, 2.45) is 0 Å². The van der Waals surface area contributed by atoms with Gasteiger partial charge in [-0.25, -0.2) is 4.98 Å². The Hall–Kier alpha value is -0.0600. The average Bonchev–Trinajstić information content (AvgIpc) is 2.48. The maximum absolute atomic E-state index is 9.59. The van der Waals surface area contributed by atoms with Gasteiger partial charge in [-0.15, -0.1) is 11.3 Å². The molecule has 0 radical (unpaired) electrons. The van der Waals surface area contributed by atoms with Gasteiger partial charge in [-0.3, -0.25) is 0 Å². The Morgan fingerprint density at radius 2 is 2.46 bits per heavy atom. The number of aryl methyl sites for hydroxylation is 1. The molecule has 0 saturated carbocycles. The van der Waals surface area contributed by atoms with Gasteiger partial charge < -0.3 is 5.11 Å². The standard InChI is InChI=1S/C9H15NOS2/c1-3-12-6-8(11)4-9-10-7(2)5-13-9/h5,8,11H,3-4,6H2,1-2H3. The molecule has 13 heavy (non-hydrogen) atoms. The van der Waals surface area contributed by atoms with E-state index in [-0.39, 0.29) is 6.10 Å². The minimum Gasteiger partial charge on any atom is -0.392 e. The second kappa shape index (κ2) is 5.62. The Balaban J connectivity index is 2.31. The Labute approximate surface area is 87.4 Å². The van der Waals surface area contributed by atoms with Crippen molar-refractivity contribution in [3.8, 4) is 0 Å². The second-order valence-corrected chi connectivity index (χ2v) is 5.16. The quantitative estimate of drug-likeness (QED) is 0.820. The SMILES string of the molecule is CCSCC(O)Cc1nc(C)cs1. The van der Waals surface area contributed by atoms with Gasteiger partial charge in [0.05, 0.1) is 11.1 Å². The predicted octanol–water partition coefficient (Wildman–Crippen LogP) is 2.11. The van der Waals surface area contributed by atoms with Gasteiger partial charge in [0.25, 0.3) is 0 Å². The molecule has 2 nitrogen and oxygen atoms in total. The number of nitrogens with zero attached hydrogens (tertiary/aromatic N) is 1. The fourth-order valence-corrected chi connectivity index (χ4v) is 2.48. The number of thiazole rings is 1. The molecule has 0 bridgehead atoms. The molecule has 1 aromatic rings. The van der Waals surface area contributed by atoms with E-state index in [2.05, 4.69) is 11.9 Å². The first-order valence-corrected chi connectivity index (χ1v) is 6.42. The van der Waals surface area contributed by atoms with Gasteiger partial charge in [0, 0.05) is 23.2 Å². The molecular weight excluding hydrogens is 202 g/mol. The molecular formula is C9H15NOS2. The van der Waals surface area contributed by atoms with Crippen LogP contribution in [0.4, 0.5) is 0 Å². The largest absolute Gasteiger partial charge is 0.392 e. The molecule has 1 unspecified atom stereocenters. The zero-order valence-corrected chi connectivity index (χ0v) is 9.62. The van der Waals surface area contributed by atoms with Crippen molar-refractivity contribution >= 4 is 23.1 Å². The van der Waals surface area contributed by atoms with Crippen molar-refractivity contribution in [1.29, 1.82) is 0 Å². The minimum absolute atomic E-state index is 0.240. The Bertz CT molecular complexity index is 250. The lowest BCUT2D eigenvalue weighted by atomic mass is 10.3. The summed E-state index contributed by atoms with van der Waals surface area (Å²) >= 11 is 3.40. The molecule has 1 rings (SSSR count). The summed E-state index contributed by atoms with van der Waals surface area (Å²) in [5.41, 5.74) is 1.05. The summed E-state index contributed by atoms with van der Waals surface area (Å²) < 4.78 is 0. The van der Waals surface area contributed by atoms with E-state index in [1.165, 1.54) is 0 Å². The third-order valence-corrected chi connectivity index (χ3v) is 3.61. The van der Waals surface area contributed by atoms with Crippen molar-refractivity contribution in [1.82, 2.24) is 4.98 Å². The molecule has 0 spiro atoms. The summed E-state index contributed by atoms with van der Waals surface area (Å²) in [5.74, 6) is 1.88. The maximum atomic E-state index is 9.59. The van der Waals surface area contributed by atoms with Crippen LogP contribution in [0.5, 0.6) is 0 Å². The van der Waals surface area contributed by atoms with Crippen LogP contribution in [-0.4, -0.2) is 27.7 Å². The summed E-state index contributed by atoms with van der Waals surface area (Å²) in [6.45, 7) is 4.08. The lowest BCUT2D eigenvalue weighted by molar-refractivity contribution is 0.200. The van der Waals surface area contributed by atoms with Crippen LogP contribution in [0.2, 0.25) is 0 Å². The van der Waals surface area contributed by atoms with E-state index in [9.17, 15) is 5.11 Å². The second-order valence-electron chi connectivity index (χ2n) is 2.90. The third kappa shape index (κ3) is 4.11. The van der Waals surface area contributed by atoms with Gasteiger partial charge in [0.2, 0.25) is 0 Å². The fourth-order valence-electron chi connectivity index (χ4n) is 1.01. The zero-order valence-electron chi connectivity index (χ0n) is 7.99. The lowest BCUT2D eigenvalue weighted by Crippen LogP contribution is -2.13. The summed E-state index contributed by atoms with van der Waals surface area (Å²) in [7, 11) is 0. The van der Waals surface area contributed by atoms with Gasteiger partial charge in [0.15, 0.2) is 0 Å². The number of aromatic nitrogens is 1. The van der Waals surface area contributed by atoms with Crippen LogP contribution >= 0.6 is 23.1 Å². The van der Waals surface area contributed by atoms with Gasteiger partial charge >= 0.3 is 0 Å². The van der Waals surface area contributed by atoms with E-state index in [4.69, 9.17) is 0 Å². The van der Waals surface area contributed by atoms with Crippen molar-refractivity contribution in [3.05, 3.63) is 16.1 Å². The smallest absolute Gasteiger partial charge is 0.0954 e. The molecule has 1 atom stereocenters. The van der Waals surface area contributed by atoms with Crippen LogP contribution in [0, 0.1) is 6.92 Å². The number of hydrogen-bond donors (Lipinski definition) is 1. The van der Waals surface area contributed by atoms with Crippen molar-refractivity contribution in [3.63, 3.8) is 0 Å². The Kier molecular flexibility index (Phi) is 4.77. The van der Waals surface area contributed by atoms with Crippen molar-refractivity contribution in [2.45, 2.75) is 26.4 Å². The highest BCUT2D eigenvalue weighted by molar-refractivity contribution is 7.99. The molecule has 1 aromatic heterocycles. The van der Waals surface area contributed by atoms with E-state index in [1.807, 2.05) is 12.3 Å². The molecule has 0 aliphatic rings. The van der Waals surface area contributed by atoms with E-state index in [1.54, 1.807) is 23.1 Å². The van der Waals surface area contributed by atoms with E-state index < -0.39 is 0 Å². The predicted molar refractivity (Wildman–Crippen MR) is 59.6 cm³/mol. The van der Waals surface area contributed by atoms with Gasteiger partial charge in [-0.1, -0.05) is 6.92 Å². The van der Waals surface area contributed by atoms with Crippen LogP contribution in [0.15, 0.2) is 5.38 Å². The molecule has 0 amide bonds. The third-order valence-electron chi connectivity index (χ3n) is 1.59. The molecule has 74 valence electrons. The molecule has 1 N–H and O–H groups in total. The van der Waals surface area contributed by atoms with Crippen molar-refractivity contribution < 1.29 is 5.11 Å². The van der Waals surface area contributed by atoms with Crippen molar-refractivity contribution in [2.75, 3.05) is 11.5 Å².